The molecule has 0 aliphatic carbocycles. The van der Waals surface area contributed by atoms with Crippen molar-refractivity contribution in [2.75, 3.05) is 11.9 Å². The molecule has 1 unspecified atom stereocenters. The van der Waals surface area contributed by atoms with Crippen LogP contribution in [0.15, 0.2) is 78.9 Å². The van der Waals surface area contributed by atoms with Crippen LogP contribution >= 0.6 is 0 Å². The molecule has 1 atom stereocenters. The molecule has 0 radical (unpaired) electrons. The maximum absolute atomic E-state index is 12.4. The first-order valence-corrected chi connectivity index (χ1v) is 9.91. The van der Waals surface area contributed by atoms with Crippen LogP contribution in [0.1, 0.15) is 24.5 Å². The molecule has 4 nitrogen and oxygen atoms in total. The number of ether oxygens (including phenoxy) is 2. The minimum atomic E-state index is -0.592. The molecule has 150 valence electrons. The zero-order chi connectivity index (χ0) is 20.5. The van der Waals surface area contributed by atoms with Gasteiger partial charge in [-0.15, -0.1) is 0 Å². The number of carbonyl (C=O) groups is 1. The van der Waals surface area contributed by atoms with E-state index in [1.807, 2.05) is 61.5 Å². The lowest BCUT2D eigenvalue weighted by atomic mass is 10.1. The van der Waals surface area contributed by atoms with E-state index in [9.17, 15) is 4.79 Å². The van der Waals surface area contributed by atoms with Crippen LogP contribution in [-0.4, -0.2) is 18.6 Å². The number of benzene rings is 3. The molecule has 0 bridgehead atoms. The smallest absolute Gasteiger partial charge is 0.265 e. The predicted octanol–water partition coefficient (Wildman–Crippen LogP) is 5.41. The molecule has 0 spiro atoms. The van der Waals surface area contributed by atoms with E-state index in [4.69, 9.17) is 9.47 Å². The quantitative estimate of drug-likeness (QED) is 0.498. The van der Waals surface area contributed by atoms with Crippen molar-refractivity contribution in [3.05, 3.63) is 90.0 Å². The number of hydrogen-bond donors (Lipinski definition) is 1. The first kappa shape index (κ1) is 20.5. The zero-order valence-electron chi connectivity index (χ0n) is 16.9. The van der Waals surface area contributed by atoms with E-state index in [-0.39, 0.29) is 5.91 Å². The van der Waals surface area contributed by atoms with Gasteiger partial charge >= 0.3 is 0 Å². The topological polar surface area (TPSA) is 47.6 Å². The highest BCUT2D eigenvalue weighted by Crippen LogP contribution is 2.18. The number of aryl methyl sites for hydroxylation is 2. The SMILES string of the molecule is Cc1cccc(OC(C)C(=O)Nc2ccc(OCCCc3ccccc3)cc2)c1. The Labute approximate surface area is 172 Å². The van der Waals surface area contributed by atoms with Crippen molar-refractivity contribution in [1.29, 1.82) is 0 Å². The fourth-order valence-corrected chi connectivity index (χ4v) is 2.94. The van der Waals surface area contributed by atoms with Gasteiger partial charge in [0.1, 0.15) is 11.5 Å². The number of anilines is 1. The predicted molar refractivity (Wildman–Crippen MR) is 117 cm³/mol. The van der Waals surface area contributed by atoms with E-state index in [1.165, 1.54) is 5.56 Å². The summed E-state index contributed by atoms with van der Waals surface area (Å²) >= 11 is 0. The highest BCUT2D eigenvalue weighted by Gasteiger charge is 2.15. The molecule has 0 aliphatic heterocycles. The summed E-state index contributed by atoms with van der Waals surface area (Å²) in [6.07, 6.45) is 1.36. The number of amides is 1. The minimum absolute atomic E-state index is 0.192. The lowest BCUT2D eigenvalue weighted by Crippen LogP contribution is -2.30. The third-order valence-electron chi connectivity index (χ3n) is 4.51. The van der Waals surface area contributed by atoms with Crippen molar-refractivity contribution in [3.63, 3.8) is 0 Å². The van der Waals surface area contributed by atoms with Gasteiger partial charge in [0.15, 0.2) is 6.10 Å². The van der Waals surface area contributed by atoms with E-state index in [0.29, 0.717) is 18.0 Å². The third kappa shape index (κ3) is 6.68. The van der Waals surface area contributed by atoms with Crippen molar-refractivity contribution < 1.29 is 14.3 Å². The number of rotatable bonds is 9. The van der Waals surface area contributed by atoms with Gasteiger partial charge in [0.2, 0.25) is 0 Å². The average Bonchev–Trinajstić information content (AvgIpc) is 2.73. The Morgan fingerprint density at radius 1 is 0.931 bits per heavy atom. The average molecular weight is 389 g/mol. The maximum atomic E-state index is 12.4. The molecule has 0 aromatic heterocycles. The van der Waals surface area contributed by atoms with Gasteiger partial charge in [0.25, 0.3) is 5.91 Å². The molecule has 1 amide bonds. The van der Waals surface area contributed by atoms with E-state index < -0.39 is 6.10 Å². The minimum Gasteiger partial charge on any atom is -0.494 e. The van der Waals surface area contributed by atoms with E-state index in [1.54, 1.807) is 6.92 Å². The van der Waals surface area contributed by atoms with Crippen LogP contribution in [0.5, 0.6) is 11.5 Å². The van der Waals surface area contributed by atoms with Gasteiger partial charge in [-0.05, 0) is 74.2 Å². The number of hydrogen-bond acceptors (Lipinski definition) is 3. The Kier molecular flexibility index (Phi) is 7.28. The van der Waals surface area contributed by atoms with Crippen LogP contribution in [0.3, 0.4) is 0 Å². The van der Waals surface area contributed by atoms with Crippen molar-refractivity contribution in [2.45, 2.75) is 32.8 Å². The molecule has 0 saturated heterocycles. The lowest BCUT2D eigenvalue weighted by Gasteiger charge is -2.15. The summed E-state index contributed by atoms with van der Waals surface area (Å²) in [6, 6.07) is 25.4. The third-order valence-corrected chi connectivity index (χ3v) is 4.51. The molecule has 3 aromatic rings. The normalized spacial score (nSPS) is 11.5. The first-order valence-electron chi connectivity index (χ1n) is 9.91. The summed E-state index contributed by atoms with van der Waals surface area (Å²) < 4.78 is 11.5. The molecule has 3 rings (SSSR count). The van der Waals surface area contributed by atoms with E-state index in [2.05, 4.69) is 29.6 Å². The Balaban J connectivity index is 1.42. The van der Waals surface area contributed by atoms with Gasteiger partial charge in [-0.3, -0.25) is 4.79 Å². The molecule has 0 heterocycles. The fraction of sp³-hybridized carbons (Fsp3) is 0.240. The highest BCUT2D eigenvalue weighted by molar-refractivity contribution is 5.94. The molecule has 4 heteroatoms. The van der Waals surface area contributed by atoms with Crippen LogP contribution < -0.4 is 14.8 Å². The standard InChI is InChI=1S/C25H27NO3/c1-19-8-6-12-24(18-19)29-20(2)25(27)26-22-13-15-23(16-14-22)28-17-7-11-21-9-4-3-5-10-21/h3-6,8-10,12-16,18,20H,7,11,17H2,1-2H3,(H,26,27). The van der Waals surface area contributed by atoms with Crippen LogP contribution in [0, 0.1) is 6.92 Å². The molecule has 1 N–H and O–H groups in total. The van der Waals surface area contributed by atoms with Crippen molar-refractivity contribution in [1.82, 2.24) is 0 Å². The van der Waals surface area contributed by atoms with Crippen molar-refractivity contribution >= 4 is 11.6 Å². The maximum Gasteiger partial charge on any atom is 0.265 e. The Bertz CT molecular complexity index is 907. The Hall–Kier alpha value is -3.27. The van der Waals surface area contributed by atoms with Gasteiger partial charge < -0.3 is 14.8 Å². The van der Waals surface area contributed by atoms with Crippen LogP contribution in [0.2, 0.25) is 0 Å². The second kappa shape index (κ2) is 10.3. The molecule has 0 aliphatic rings. The number of nitrogens with one attached hydrogen (secondary N) is 1. The van der Waals surface area contributed by atoms with Gasteiger partial charge in [0.05, 0.1) is 6.61 Å². The summed E-state index contributed by atoms with van der Waals surface area (Å²) in [5.74, 6) is 1.29. The zero-order valence-corrected chi connectivity index (χ0v) is 16.9. The second-order valence-electron chi connectivity index (χ2n) is 7.03. The van der Waals surface area contributed by atoms with Gasteiger partial charge in [0, 0.05) is 5.69 Å². The summed E-state index contributed by atoms with van der Waals surface area (Å²) in [6.45, 7) is 4.38. The molecular formula is C25H27NO3. The summed E-state index contributed by atoms with van der Waals surface area (Å²) in [5.41, 5.74) is 3.12. The lowest BCUT2D eigenvalue weighted by molar-refractivity contribution is -0.122. The van der Waals surface area contributed by atoms with Crippen LogP contribution in [0.25, 0.3) is 0 Å². The summed E-state index contributed by atoms with van der Waals surface area (Å²) in [5, 5.41) is 2.87. The Morgan fingerprint density at radius 2 is 1.69 bits per heavy atom. The monoisotopic (exact) mass is 389 g/mol. The van der Waals surface area contributed by atoms with Gasteiger partial charge in [-0.1, -0.05) is 42.5 Å². The van der Waals surface area contributed by atoms with Gasteiger partial charge in [-0.25, -0.2) is 0 Å². The van der Waals surface area contributed by atoms with E-state index >= 15 is 0 Å². The molecule has 3 aromatic carbocycles. The van der Waals surface area contributed by atoms with E-state index in [0.717, 1.165) is 24.2 Å². The molecule has 0 fully saturated rings. The fourth-order valence-electron chi connectivity index (χ4n) is 2.94. The molecular weight excluding hydrogens is 362 g/mol. The van der Waals surface area contributed by atoms with Crippen molar-refractivity contribution in [2.24, 2.45) is 0 Å². The van der Waals surface area contributed by atoms with Crippen LogP contribution in [0.4, 0.5) is 5.69 Å². The summed E-state index contributed by atoms with van der Waals surface area (Å²) in [4.78, 5) is 12.4. The Morgan fingerprint density at radius 3 is 2.41 bits per heavy atom. The van der Waals surface area contributed by atoms with Crippen molar-refractivity contribution in [3.8, 4) is 11.5 Å². The van der Waals surface area contributed by atoms with Crippen LogP contribution in [-0.2, 0) is 11.2 Å². The molecule has 0 saturated carbocycles. The highest BCUT2D eigenvalue weighted by atomic mass is 16.5. The first-order chi connectivity index (χ1) is 14.1. The second-order valence-corrected chi connectivity index (χ2v) is 7.03. The largest absolute Gasteiger partial charge is 0.494 e. The van der Waals surface area contributed by atoms with Gasteiger partial charge in [-0.2, -0.15) is 0 Å². The molecule has 29 heavy (non-hydrogen) atoms. The number of carbonyl (C=O) groups excluding carboxylic acids is 1. The summed E-state index contributed by atoms with van der Waals surface area (Å²) in [7, 11) is 0.